The van der Waals surface area contributed by atoms with E-state index in [1.54, 1.807) is 0 Å². The summed E-state index contributed by atoms with van der Waals surface area (Å²) in [6.07, 6.45) is -0.496. The van der Waals surface area contributed by atoms with Crippen molar-refractivity contribution in [1.82, 2.24) is 0 Å². The minimum Gasteiger partial charge on any atom is -0.490 e. The van der Waals surface area contributed by atoms with Crippen molar-refractivity contribution in [2.45, 2.75) is 39.2 Å². The maximum absolute atomic E-state index is 9.48. The second-order valence-electron chi connectivity index (χ2n) is 5.50. The third kappa shape index (κ3) is 4.02. The highest BCUT2D eigenvalue weighted by molar-refractivity contribution is 5.41. The normalized spacial score (nSPS) is 13.5. The first-order valence-electron chi connectivity index (χ1n) is 6.06. The zero-order valence-corrected chi connectivity index (χ0v) is 11.3. The van der Waals surface area contributed by atoms with Crippen molar-refractivity contribution in [3.8, 4) is 5.75 Å². The van der Waals surface area contributed by atoms with Gasteiger partial charge in [-0.05, 0) is 24.0 Å². The fraction of sp³-hybridized carbons (Fsp3) is 0.571. The van der Waals surface area contributed by atoms with E-state index < -0.39 is 6.10 Å². The van der Waals surface area contributed by atoms with Crippen LogP contribution in [0.5, 0.6) is 5.75 Å². The number of quaternary nitrogens is 1. The fourth-order valence-corrected chi connectivity index (χ4v) is 1.63. The maximum atomic E-state index is 9.48. The van der Waals surface area contributed by atoms with E-state index >= 15 is 0 Å². The Bertz CT molecular complexity index is 369. The van der Waals surface area contributed by atoms with Crippen LogP contribution in [0.25, 0.3) is 0 Å². The summed E-state index contributed by atoms with van der Waals surface area (Å²) in [4.78, 5) is 0. The summed E-state index contributed by atoms with van der Waals surface area (Å²) < 4.78 is 5.68. The number of benzene rings is 1. The molecule has 1 aromatic carbocycles. The molecule has 0 saturated heterocycles. The van der Waals surface area contributed by atoms with Crippen molar-refractivity contribution in [1.29, 1.82) is 0 Å². The van der Waals surface area contributed by atoms with Gasteiger partial charge in [0, 0.05) is 0 Å². The van der Waals surface area contributed by atoms with Gasteiger partial charge in [0.25, 0.3) is 0 Å². The smallest absolute Gasteiger partial charge is 0.136 e. The molecule has 0 radical (unpaired) electrons. The zero-order valence-electron chi connectivity index (χ0n) is 11.3. The lowest BCUT2D eigenvalue weighted by atomic mass is 9.85. The highest BCUT2D eigenvalue weighted by Crippen LogP contribution is 2.32. The Morgan fingerprint density at radius 1 is 1.35 bits per heavy atom. The van der Waals surface area contributed by atoms with Crippen molar-refractivity contribution in [2.75, 3.05) is 13.2 Å². The summed E-state index contributed by atoms with van der Waals surface area (Å²) >= 11 is 0. The molecule has 0 spiro atoms. The number of ether oxygens (including phenoxy) is 1. The summed E-state index contributed by atoms with van der Waals surface area (Å²) in [5.74, 6) is 0.857. The molecule has 0 unspecified atom stereocenters. The first kappa shape index (κ1) is 14.0. The molecule has 0 fully saturated rings. The Balaban J connectivity index is 2.91. The van der Waals surface area contributed by atoms with Crippen LogP contribution in [0.3, 0.4) is 0 Å². The van der Waals surface area contributed by atoms with Gasteiger partial charge in [-0.2, -0.15) is 0 Å². The quantitative estimate of drug-likeness (QED) is 0.830. The zero-order chi connectivity index (χ0) is 13.1. The molecule has 17 heavy (non-hydrogen) atoms. The topological polar surface area (TPSA) is 57.1 Å². The molecule has 0 bridgehead atoms. The number of aliphatic hydroxyl groups excluding tert-OH is 1. The molecule has 1 atom stereocenters. The van der Waals surface area contributed by atoms with E-state index in [1.165, 1.54) is 11.1 Å². The molecule has 1 aromatic rings. The van der Waals surface area contributed by atoms with Gasteiger partial charge in [-0.1, -0.05) is 38.5 Å². The molecule has 3 heteroatoms. The predicted octanol–water partition coefficient (Wildman–Crippen LogP) is 1.27. The van der Waals surface area contributed by atoms with Gasteiger partial charge in [-0.25, -0.2) is 0 Å². The highest BCUT2D eigenvalue weighted by Gasteiger charge is 2.19. The van der Waals surface area contributed by atoms with E-state index in [1.807, 2.05) is 12.1 Å². The van der Waals surface area contributed by atoms with Crippen LogP contribution >= 0.6 is 0 Å². The summed E-state index contributed by atoms with van der Waals surface area (Å²) in [6, 6.07) is 6.15. The van der Waals surface area contributed by atoms with Gasteiger partial charge >= 0.3 is 0 Å². The molecule has 0 heterocycles. The van der Waals surface area contributed by atoms with Gasteiger partial charge in [-0.3, -0.25) is 0 Å². The molecule has 0 aromatic heterocycles. The SMILES string of the molecule is Cc1ccc(OC[C@@H](O)C[NH3+])c(C(C)(C)C)c1. The average Bonchev–Trinajstić information content (AvgIpc) is 2.25. The van der Waals surface area contributed by atoms with E-state index in [9.17, 15) is 5.11 Å². The van der Waals surface area contributed by atoms with Crippen LogP contribution in [-0.4, -0.2) is 24.4 Å². The molecular formula is C14H24NO2+. The number of aryl methyl sites for hydroxylation is 1. The molecule has 0 amide bonds. The first-order chi connectivity index (χ1) is 7.84. The van der Waals surface area contributed by atoms with E-state index in [0.717, 1.165) is 5.75 Å². The van der Waals surface area contributed by atoms with E-state index in [0.29, 0.717) is 13.2 Å². The molecule has 1 rings (SSSR count). The van der Waals surface area contributed by atoms with E-state index in [2.05, 4.69) is 39.5 Å². The average molecular weight is 238 g/mol. The van der Waals surface area contributed by atoms with Gasteiger partial charge < -0.3 is 15.6 Å². The lowest BCUT2D eigenvalue weighted by Gasteiger charge is -2.23. The standard InChI is InChI=1S/C14H23NO2/c1-10-5-6-13(17-9-11(16)8-15)12(7-10)14(2,3)4/h5-7,11,16H,8-9,15H2,1-4H3/p+1/t11-/m0/s1. The molecular weight excluding hydrogens is 214 g/mol. The molecule has 0 saturated carbocycles. The van der Waals surface area contributed by atoms with E-state index in [4.69, 9.17) is 4.74 Å². The van der Waals surface area contributed by atoms with Crippen LogP contribution < -0.4 is 10.5 Å². The van der Waals surface area contributed by atoms with Crippen molar-refractivity contribution >= 4 is 0 Å². The van der Waals surface area contributed by atoms with Crippen LogP contribution in [0.15, 0.2) is 18.2 Å². The minimum atomic E-state index is -0.496. The molecule has 4 N–H and O–H groups in total. The Kier molecular flexibility index (Phi) is 4.54. The fourth-order valence-electron chi connectivity index (χ4n) is 1.63. The van der Waals surface area contributed by atoms with Crippen LogP contribution in [-0.2, 0) is 5.41 Å². The van der Waals surface area contributed by atoms with Gasteiger partial charge in [0.05, 0.1) is 0 Å². The maximum Gasteiger partial charge on any atom is 0.136 e. The first-order valence-corrected chi connectivity index (χ1v) is 6.06. The Morgan fingerprint density at radius 2 is 2.00 bits per heavy atom. The summed E-state index contributed by atoms with van der Waals surface area (Å²) in [5, 5.41) is 9.48. The largest absolute Gasteiger partial charge is 0.490 e. The second kappa shape index (κ2) is 5.52. The Labute approximate surface area is 104 Å². The van der Waals surface area contributed by atoms with Crippen molar-refractivity contribution in [3.05, 3.63) is 29.3 Å². The molecule has 0 aliphatic rings. The monoisotopic (exact) mass is 238 g/mol. The molecule has 3 nitrogen and oxygen atoms in total. The number of aliphatic hydroxyl groups is 1. The van der Waals surface area contributed by atoms with Crippen LogP contribution in [0, 0.1) is 6.92 Å². The lowest BCUT2D eigenvalue weighted by molar-refractivity contribution is -0.384. The van der Waals surface area contributed by atoms with E-state index in [-0.39, 0.29) is 5.41 Å². The van der Waals surface area contributed by atoms with Gasteiger partial charge in [0.1, 0.15) is 25.0 Å². The third-order valence-electron chi connectivity index (χ3n) is 2.71. The summed E-state index contributed by atoms with van der Waals surface area (Å²) in [7, 11) is 0. The lowest BCUT2D eigenvalue weighted by Crippen LogP contribution is -2.56. The molecule has 0 aliphatic heterocycles. The number of hydrogen-bond acceptors (Lipinski definition) is 2. The van der Waals surface area contributed by atoms with Crippen LogP contribution in [0.2, 0.25) is 0 Å². The summed E-state index contributed by atoms with van der Waals surface area (Å²) in [5.41, 5.74) is 6.09. The van der Waals surface area contributed by atoms with Crippen molar-refractivity contribution in [3.63, 3.8) is 0 Å². The van der Waals surface area contributed by atoms with Gasteiger partial charge in [0.2, 0.25) is 0 Å². The molecule has 96 valence electrons. The summed E-state index contributed by atoms with van der Waals surface area (Å²) in [6.45, 7) is 9.32. The third-order valence-corrected chi connectivity index (χ3v) is 2.71. The van der Waals surface area contributed by atoms with Gasteiger partial charge in [-0.15, -0.1) is 0 Å². The van der Waals surface area contributed by atoms with Crippen molar-refractivity contribution in [2.24, 2.45) is 0 Å². The van der Waals surface area contributed by atoms with Gasteiger partial charge in [0.15, 0.2) is 0 Å². The minimum absolute atomic E-state index is 0.0385. The second-order valence-corrected chi connectivity index (χ2v) is 5.50. The molecule has 0 aliphatic carbocycles. The van der Waals surface area contributed by atoms with Crippen LogP contribution in [0.4, 0.5) is 0 Å². The number of hydrogen-bond donors (Lipinski definition) is 2. The highest BCUT2D eigenvalue weighted by atomic mass is 16.5. The number of rotatable bonds is 4. The van der Waals surface area contributed by atoms with Crippen LogP contribution in [0.1, 0.15) is 31.9 Å². The van der Waals surface area contributed by atoms with Crippen molar-refractivity contribution < 1.29 is 15.6 Å². The Hall–Kier alpha value is -1.06. The Morgan fingerprint density at radius 3 is 2.53 bits per heavy atom. The predicted molar refractivity (Wildman–Crippen MR) is 69.1 cm³/mol.